The average Bonchev–Trinajstić information content (AvgIpc) is 2.81. The van der Waals surface area contributed by atoms with Gasteiger partial charge in [-0.15, -0.1) is 0 Å². The van der Waals surface area contributed by atoms with Crippen molar-refractivity contribution in [3.05, 3.63) is 34.9 Å². The smallest absolute Gasteiger partial charge is 0.0210 e. The fourth-order valence-electron chi connectivity index (χ4n) is 2.90. The van der Waals surface area contributed by atoms with Crippen molar-refractivity contribution in [2.75, 3.05) is 26.2 Å². The number of nitrogens with one attached hydrogen (secondary N) is 1. The average molecular weight is 246 g/mol. The van der Waals surface area contributed by atoms with E-state index < -0.39 is 0 Å². The predicted molar refractivity (Wildman–Crippen MR) is 77.8 cm³/mol. The molecule has 1 unspecified atom stereocenters. The number of aryl methyl sites for hydroxylation is 2. The molecule has 2 nitrogen and oxygen atoms in total. The SMILES string of the molecule is CCN1CCC(CNCc2c(C)cccc2C)C1. The number of hydrogen-bond acceptors (Lipinski definition) is 2. The van der Waals surface area contributed by atoms with Crippen LogP contribution in [-0.4, -0.2) is 31.1 Å². The summed E-state index contributed by atoms with van der Waals surface area (Å²) in [5.41, 5.74) is 4.29. The lowest BCUT2D eigenvalue weighted by atomic mass is 10.0. The minimum atomic E-state index is 0.842. The zero-order valence-electron chi connectivity index (χ0n) is 12.0. The predicted octanol–water partition coefficient (Wildman–Crippen LogP) is 2.73. The van der Waals surface area contributed by atoms with Crippen LogP contribution in [-0.2, 0) is 6.54 Å². The summed E-state index contributed by atoms with van der Waals surface area (Å²) < 4.78 is 0. The number of benzene rings is 1. The van der Waals surface area contributed by atoms with Gasteiger partial charge in [0, 0.05) is 13.1 Å². The number of rotatable bonds is 5. The van der Waals surface area contributed by atoms with E-state index in [4.69, 9.17) is 0 Å². The Kier molecular flexibility index (Phi) is 4.79. The zero-order valence-corrected chi connectivity index (χ0v) is 12.0. The Bertz CT molecular complexity index is 366. The van der Waals surface area contributed by atoms with E-state index in [1.165, 1.54) is 42.7 Å². The second-order valence-electron chi connectivity index (χ2n) is 5.55. The maximum absolute atomic E-state index is 3.64. The molecular formula is C16H26N2. The molecule has 1 aromatic rings. The van der Waals surface area contributed by atoms with Crippen LogP contribution >= 0.6 is 0 Å². The summed E-state index contributed by atoms with van der Waals surface area (Å²) in [7, 11) is 0. The van der Waals surface area contributed by atoms with Gasteiger partial charge in [0.1, 0.15) is 0 Å². The van der Waals surface area contributed by atoms with E-state index in [-0.39, 0.29) is 0 Å². The van der Waals surface area contributed by atoms with E-state index in [1.54, 1.807) is 0 Å². The molecule has 0 bridgehead atoms. The molecule has 1 aromatic carbocycles. The van der Waals surface area contributed by atoms with Crippen molar-refractivity contribution in [1.82, 2.24) is 10.2 Å². The van der Waals surface area contributed by atoms with E-state index >= 15 is 0 Å². The van der Waals surface area contributed by atoms with Gasteiger partial charge in [0.15, 0.2) is 0 Å². The molecule has 2 rings (SSSR count). The van der Waals surface area contributed by atoms with E-state index in [1.807, 2.05) is 0 Å². The molecule has 0 spiro atoms. The maximum Gasteiger partial charge on any atom is 0.0210 e. The maximum atomic E-state index is 3.64. The van der Waals surface area contributed by atoms with Gasteiger partial charge in [-0.2, -0.15) is 0 Å². The topological polar surface area (TPSA) is 15.3 Å². The highest BCUT2D eigenvalue weighted by Crippen LogP contribution is 2.16. The molecule has 0 amide bonds. The molecule has 1 aliphatic heterocycles. The number of likely N-dealkylation sites (tertiary alicyclic amines) is 1. The first kappa shape index (κ1) is 13.6. The Morgan fingerprint density at radius 2 is 2.00 bits per heavy atom. The molecule has 1 atom stereocenters. The normalized spacial score (nSPS) is 20.5. The van der Waals surface area contributed by atoms with Crippen LogP contribution in [0.25, 0.3) is 0 Å². The van der Waals surface area contributed by atoms with Crippen LogP contribution in [0.5, 0.6) is 0 Å². The zero-order chi connectivity index (χ0) is 13.0. The Morgan fingerprint density at radius 1 is 1.28 bits per heavy atom. The molecule has 1 saturated heterocycles. The molecule has 1 heterocycles. The van der Waals surface area contributed by atoms with Crippen molar-refractivity contribution in [2.45, 2.75) is 33.7 Å². The van der Waals surface area contributed by atoms with Crippen molar-refractivity contribution < 1.29 is 0 Å². The lowest BCUT2D eigenvalue weighted by Gasteiger charge is -2.15. The monoisotopic (exact) mass is 246 g/mol. The standard InChI is InChI=1S/C16H26N2/c1-4-18-9-8-15(12-18)10-17-11-16-13(2)6-5-7-14(16)3/h5-7,15,17H,4,8-12H2,1-3H3. The third kappa shape index (κ3) is 3.33. The van der Waals surface area contributed by atoms with Crippen LogP contribution in [0.3, 0.4) is 0 Å². The second-order valence-corrected chi connectivity index (χ2v) is 5.55. The summed E-state index contributed by atoms with van der Waals surface area (Å²) in [4.78, 5) is 2.55. The van der Waals surface area contributed by atoms with E-state index in [9.17, 15) is 0 Å². The van der Waals surface area contributed by atoms with Crippen LogP contribution in [0.1, 0.15) is 30.0 Å². The fraction of sp³-hybridized carbons (Fsp3) is 0.625. The number of hydrogen-bond donors (Lipinski definition) is 1. The molecule has 0 radical (unpaired) electrons. The highest BCUT2D eigenvalue weighted by atomic mass is 15.1. The minimum absolute atomic E-state index is 0.842. The van der Waals surface area contributed by atoms with Crippen LogP contribution in [0.4, 0.5) is 0 Å². The van der Waals surface area contributed by atoms with Crippen LogP contribution in [0.2, 0.25) is 0 Å². The molecule has 2 heteroatoms. The molecule has 0 aliphatic carbocycles. The minimum Gasteiger partial charge on any atom is -0.312 e. The summed E-state index contributed by atoms with van der Waals surface area (Å²) in [6.07, 6.45) is 1.35. The highest BCUT2D eigenvalue weighted by molar-refractivity contribution is 5.33. The first-order valence-electron chi connectivity index (χ1n) is 7.19. The van der Waals surface area contributed by atoms with Gasteiger partial charge < -0.3 is 10.2 Å². The third-order valence-electron chi connectivity index (χ3n) is 4.20. The first-order valence-corrected chi connectivity index (χ1v) is 7.19. The Balaban J connectivity index is 1.79. The molecule has 100 valence electrons. The van der Waals surface area contributed by atoms with Gasteiger partial charge >= 0.3 is 0 Å². The van der Waals surface area contributed by atoms with E-state index in [0.717, 1.165) is 19.0 Å². The summed E-state index contributed by atoms with van der Waals surface area (Å²) in [5, 5.41) is 3.64. The fourth-order valence-corrected chi connectivity index (χ4v) is 2.90. The first-order chi connectivity index (χ1) is 8.70. The Morgan fingerprint density at radius 3 is 2.61 bits per heavy atom. The van der Waals surface area contributed by atoms with Gasteiger partial charge in [0.2, 0.25) is 0 Å². The molecule has 0 aromatic heterocycles. The van der Waals surface area contributed by atoms with Crippen LogP contribution < -0.4 is 5.32 Å². The second kappa shape index (κ2) is 6.35. The van der Waals surface area contributed by atoms with Gasteiger partial charge in [-0.25, -0.2) is 0 Å². The van der Waals surface area contributed by atoms with Gasteiger partial charge in [0.25, 0.3) is 0 Å². The van der Waals surface area contributed by atoms with E-state index in [0.29, 0.717) is 0 Å². The highest BCUT2D eigenvalue weighted by Gasteiger charge is 2.20. The van der Waals surface area contributed by atoms with Crippen molar-refractivity contribution in [3.8, 4) is 0 Å². The van der Waals surface area contributed by atoms with Gasteiger partial charge in [0.05, 0.1) is 0 Å². The Labute approximate surface area is 111 Å². The lowest BCUT2D eigenvalue weighted by molar-refractivity contribution is 0.339. The van der Waals surface area contributed by atoms with Crippen molar-refractivity contribution >= 4 is 0 Å². The third-order valence-corrected chi connectivity index (χ3v) is 4.20. The quantitative estimate of drug-likeness (QED) is 0.859. The molecule has 1 N–H and O–H groups in total. The molecule has 1 fully saturated rings. The van der Waals surface area contributed by atoms with Gasteiger partial charge in [-0.3, -0.25) is 0 Å². The summed E-state index contributed by atoms with van der Waals surface area (Å²) >= 11 is 0. The molecule has 1 aliphatic rings. The van der Waals surface area contributed by atoms with Crippen molar-refractivity contribution in [1.29, 1.82) is 0 Å². The van der Waals surface area contributed by atoms with E-state index in [2.05, 4.69) is 49.2 Å². The van der Waals surface area contributed by atoms with Crippen molar-refractivity contribution in [3.63, 3.8) is 0 Å². The summed E-state index contributed by atoms with van der Waals surface area (Å²) in [6, 6.07) is 6.56. The summed E-state index contributed by atoms with van der Waals surface area (Å²) in [5.74, 6) is 0.842. The summed E-state index contributed by atoms with van der Waals surface area (Å²) in [6.45, 7) is 12.6. The van der Waals surface area contributed by atoms with Gasteiger partial charge in [-0.05, 0) is 62.5 Å². The van der Waals surface area contributed by atoms with Crippen LogP contribution in [0.15, 0.2) is 18.2 Å². The lowest BCUT2D eigenvalue weighted by Crippen LogP contribution is -2.26. The Hall–Kier alpha value is -0.860. The van der Waals surface area contributed by atoms with Crippen LogP contribution in [0, 0.1) is 19.8 Å². The molecule has 18 heavy (non-hydrogen) atoms. The van der Waals surface area contributed by atoms with Crippen molar-refractivity contribution in [2.24, 2.45) is 5.92 Å². The molecular weight excluding hydrogens is 220 g/mol. The largest absolute Gasteiger partial charge is 0.312 e. The number of nitrogens with zero attached hydrogens (tertiary/aromatic N) is 1. The van der Waals surface area contributed by atoms with Gasteiger partial charge in [-0.1, -0.05) is 25.1 Å². The molecule has 0 saturated carbocycles.